The highest BCUT2D eigenvalue weighted by Crippen LogP contribution is 2.42. The number of aromatic hydroxyl groups is 1. The van der Waals surface area contributed by atoms with E-state index in [1.165, 1.54) is 0 Å². The maximum Gasteiger partial charge on any atom is 0.161 e. The maximum absolute atomic E-state index is 14.3. The van der Waals surface area contributed by atoms with Crippen LogP contribution in [0.1, 0.15) is 36.2 Å². The van der Waals surface area contributed by atoms with Crippen molar-refractivity contribution in [1.82, 2.24) is 0 Å². The smallest absolute Gasteiger partial charge is 0.161 e. The summed E-state index contributed by atoms with van der Waals surface area (Å²) < 4.78 is 30.9. The van der Waals surface area contributed by atoms with Gasteiger partial charge in [0.05, 0.1) is 26.4 Å². The lowest BCUT2D eigenvalue weighted by Gasteiger charge is -2.33. The van der Waals surface area contributed by atoms with Gasteiger partial charge in [-0.2, -0.15) is 0 Å². The normalized spacial score (nSPS) is 23.7. The van der Waals surface area contributed by atoms with Crippen molar-refractivity contribution in [3.05, 3.63) is 53.6 Å². The van der Waals surface area contributed by atoms with Crippen molar-refractivity contribution in [1.29, 1.82) is 0 Å². The zero-order valence-electron chi connectivity index (χ0n) is 13.7. The van der Waals surface area contributed by atoms with E-state index in [9.17, 15) is 9.50 Å². The highest BCUT2D eigenvalue weighted by molar-refractivity contribution is 5.43. The molecule has 1 saturated heterocycles. The summed E-state index contributed by atoms with van der Waals surface area (Å²) >= 11 is 0. The van der Waals surface area contributed by atoms with Crippen LogP contribution in [0, 0.1) is 0 Å². The number of ether oxygens (including phenoxy) is 3. The van der Waals surface area contributed by atoms with Crippen LogP contribution < -0.4 is 9.47 Å². The maximum atomic E-state index is 14.3. The van der Waals surface area contributed by atoms with E-state index in [1.807, 2.05) is 18.2 Å². The van der Waals surface area contributed by atoms with Gasteiger partial charge in [-0.1, -0.05) is 18.2 Å². The second-order valence-corrected chi connectivity index (χ2v) is 5.89. The van der Waals surface area contributed by atoms with Crippen molar-refractivity contribution >= 4 is 0 Å². The van der Waals surface area contributed by atoms with Crippen LogP contribution >= 0.6 is 0 Å². The molecule has 3 rings (SSSR count). The Hall–Kier alpha value is -2.27. The molecule has 4 nitrogen and oxygen atoms in total. The average molecular weight is 332 g/mol. The van der Waals surface area contributed by atoms with Crippen LogP contribution in [0.2, 0.25) is 0 Å². The van der Waals surface area contributed by atoms with E-state index >= 15 is 0 Å². The van der Waals surface area contributed by atoms with Crippen LogP contribution in [-0.4, -0.2) is 25.5 Å². The van der Waals surface area contributed by atoms with Gasteiger partial charge < -0.3 is 19.3 Å². The molecule has 0 spiro atoms. The fourth-order valence-corrected chi connectivity index (χ4v) is 3.08. The third kappa shape index (κ3) is 3.46. The highest BCUT2D eigenvalue weighted by Gasteiger charge is 2.32. The molecule has 24 heavy (non-hydrogen) atoms. The van der Waals surface area contributed by atoms with Crippen molar-refractivity contribution < 1.29 is 23.7 Å². The number of phenols is 1. The third-order valence-corrected chi connectivity index (χ3v) is 4.29. The SMILES string of the molecule is COc1ccc([C@@H]2C[C@H](F)C[C@H](c3cccc(O)c3)O2)cc1OC. The Balaban J connectivity index is 1.86. The van der Waals surface area contributed by atoms with E-state index in [1.54, 1.807) is 38.5 Å². The molecule has 1 heterocycles. The Morgan fingerprint density at radius 2 is 1.62 bits per heavy atom. The molecule has 0 saturated carbocycles. The average Bonchev–Trinajstić information content (AvgIpc) is 2.60. The lowest BCUT2D eigenvalue weighted by molar-refractivity contribution is -0.0813. The molecule has 1 aliphatic rings. The van der Waals surface area contributed by atoms with Gasteiger partial charge in [-0.3, -0.25) is 0 Å². The number of rotatable bonds is 4. The topological polar surface area (TPSA) is 47.9 Å². The molecular formula is C19H21FO4. The van der Waals surface area contributed by atoms with Crippen molar-refractivity contribution in [2.24, 2.45) is 0 Å². The molecule has 2 aromatic carbocycles. The van der Waals surface area contributed by atoms with Crippen LogP contribution in [-0.2, 0) is 4.74 Å². The first-order valence-electron chi connectivity index (χ1n) is 7.91. The second kappa shape index (κ2) is 7.09. The van der Waals surface area contributed by atoms with Gasteiger partial charge in [0, 0.05) is 12.8 Å². The number of halogens is 1. The Kier molecular flexibility index (Phi) is 4.90. The van der Waals surface area contributed by atoms with Crippen LogP contribution in [0.15, 0.2) is 42.5 Å². The summed E-state index contributed by atoms with van der Waals surface area (Å²) in [5.41, 5.74) is 1.63. The first-order valence-corrected chi connectivity index (χ1v) is 7.91. The molecule has 0 amide bonds. The molecule has 0 unspecified atom stereocenters. The van der Waals surface area contributed by atoms with Gasteiger partial charge in [-0.05, 0) is 35.4 Å². The standard InChI is InChI=1S/C19H21FO4/c1-22-16-7-6-13(9-19(16)23-2)18-11-14(20)10-17(24-18)12-4-3-5-15(21)8-12/h3-9,14,17-18,21H,10-11H2,1-2H3/t14-,17-,18+/m1/s1. The monoisotopic (exact) mass is 332 g/mol. The summed E-state index contributed by atoms with van der Waals surface area (Å²) in [5.74, 6) is 1.37. The first kappa shape index (κ1) is 16.6. The Bertz CT molecular complexity index is 704. The van der Waals surface area contributed by atoms with E-state index < -0.39 is 6.17 Å². The molecule has 0 bridgehead atoms. The fourth-order valence-electron chi connectivity index (χ4n) is 3.08. The molecule has 1 N–H and O–H groups in total. The van der Waals surface area contributed by atoms with Crippen LogP contribution in [0.25, 0.3) is 0 Å². The lowest BCUT2D eigenvalue weighted by atomic mass is 9.93. The van der Waals surface area contributed by atoms with E-state index in [0.29, 0.717) is 17.9 Å². The Morgan fingerprint density at radius 3 is 2.25 bits per heavy atom. The van der Waals surface area contributed by atoms with Crippen molar-refractivity contribution in [3.8, 4) is 17.2 Å². The molecule has 128 valence electrons. The number of methoxy groups -OCH3 is 2. The van der Waals surface area contributed by atoms with Crippen LogP contribution in [0.5, 0.6) is 17.2 Å². The fraction of sp³-hybridized carbons (Fsp3) is 0.368. The van der Waals surface area contributed by atoms with Crippen LogP contribution in [0.4, 0.5) is 4.39 Å². The zero-order chi connectivity index (χ0) is 17.1. The van der Waals surface area contributed by atoms with Crippen molar-refractivity contribution in [2.75, 3.05) is 14.2 Å². The van der Waals surface area contributed by atoms with E-state index in [0.717, 1.165) is 11.1 Å². The first-order chi connectivity index (χ1) is 11.6. The predicted octanol–water partition coefficient (Wildman–Crippen LogP) is 4.34. The third-order valence-electron chi connectivity index (χ3n) is 4.29. The van der Waals surface area contributed by atoms with Crippen LogP contribution in [0.3, 0.4) is 0 Å². The molecule has 1 fully saturated rings. The van der Waals surface area contributed by atoms with E-state index in [4.69, 9.17) is 14.2 Å². The molecular weight excluding hydrogens is 311 g/mol. The summed E-state index contributed by atoms with van der Waals surface area (Å²) in [6, 6.07) is 12.3. The number of hydrogen-bond acceptors (Lipinski definition) is 4. The number of hydrogen-bond donors (Lipinski definition) is 1. The van der Waals surface area contributed by atoms with Gasteiger partial charge in [-0.25, -0.2) is 4.39 Å². The quantitative estimate of drug-likeness (QED) is 0.905. The van der Waals surface area contributed by atoms with Crippen molar-refractivity contribution in [3.63, 3.8) is 0 Å². The van der Waals surface area contributed by atoms with Gasteiger partial charge in [0.2, 0.25) is 0 Å². The summed E-state index contributed by atoms with van der Waals surface area (Å²) in [4.78, 5) is 0. The Morgan fingerprint density at radius 1 is 0.958 bits per heavy atom. The van der Waals surface area contributed by atoms with E-state index in [2.05, 4.69) is 0 Å². The minimum absolute atomic E-state index is 0.153. The van der Waals surface area contributed by atoms with Crippen molar-refractivity contribution in [2.45, 2.75) is 31.2 Å². The van der Waals surface area contributed by atoms with Gasteiger partial charge in [0.1, 0.15) is 11.9 Å². The molecule has 0 radical (unpaired) electrons. The predicted molar refractivity (Wildman–Crippen MR) is 88.3 cm³/mol. The lowest BCUT2D eigenvalue weighted by Crippen LogP contribution is -2.24. The molecule has 2 aromatic rings. The number of alkyl halides is 1. The highest BCUT2D eigenvalue weighted by atomic mass is 19.1. The summed E-state index contributed by atoms with van der Waals surface area (Å²) in [6.07, 6.45) is -1.15. The molecule has 0 aromatic heterocycles. The van der Waals surface area contributed by atoms with E-state index in [-0.39, 0.29) is 24.4 Å². The molecule has 0 aliphatic carbocycles. The van der Waals surface area contributed by atoms with Gasteiger partial charge in [0.15, 0.2) is 11.5 Å². The van der Waals surface area contributed by atoms with Gasteiger partial charge >= 0.3 is 0 Å². The van der Waals surface area contributed by atoms with Gasteiger partial charge in [-0.15, -0.1) is 0 Å². The second-order valence-electron chi connectivity index (χ2n) is 5.89. The number of benzene rings is 2. The minimum Gasteiger partial charge on any atom is -0.508 e. The Labute approximate surface area is 140 Å². The molecule has 5 heteroatoms. The summed E-state index contributed by atoms with van der Waals surface area (Å²) in [5, 5.41) is 9.64. The largest absolute Gasteiger partial charge is 0.508 e. The minimum atomic E-state index is -0.968. The molecule has 3 atom stereocenters. The summed E-state index contributed by atoms with van der Waals surface area (Å²) in [7, 11) is 3.14. The number of phenolic OH excluding ortho intramolecular Hbond substituents is 1. The zero-order valence-corrected chi connectivity index (χ0v) is 13.7. The summed E-state index contributed by atoms with van der Waals surface area (Å²) in [6.45, 7) is 0. The molecule has 1 aliphatic heterocycles. The van der Waals surface area contributed by atoms with Gasteiger partial charge in [0.25, 0.3) is 0 Å².